The van der Waals surface area contributed by atoms with Crippen molar-refractivity contribution in [1.82, 2.24) is 0 Å². The van der Waals surface area contributed by atoms with Crippen LogP contribution >= 0.6 is 0 Å². The number of quaternary nitrogens is 1. The molecule has 2 fully saturated rings. The lowest BCUT2D eigenvalue weighted by atomic mass is 9.87. The first-order chi connectivity index (χ1) is 13.5. The van der Waals surface area contributed by atoms with E-state index in [1.54, 1.807) is 0 Å². The first-order valence-corrected chi connectivity index (χ1v) is 10.3. The first kappa shape index (κ1) is 25.5. The molecule has 1 aliphatic carbocycles. The van der Waals surface area contributed by atoms with Gasteiger partial charge in [-0.1, -0.05) is 19.3 Å². The topological polar surface area (TPSA) is 20.2 Å². The Hall–Kier alpha value is -0.800. The molecular weight excluding hydrogens is 476 g/mol. The Morgan fingerprint density at radius 2 is 1.40 bits per heavy atom. The first-order valence-electron chi connectivity index (χ1n) is 10.3. The quantitative estimate of drug-likeness (QED) is 0.484. The van der Waals surface area contributed by atoms with Gasteiger partial charge < -0.3 is 26.6 Å². The van der Waals surface area contributed by atoms with E-state index in [2.05, 4.69) is 0 Å². The minimum Gasteiger partial charge on any atom is -1.00 e. The maximum atomic E-state index is 13.2. The van der Waals surface area contributed by atoms with E-state index in [0.29, 0.717) is 23.5 Å². The lowest BCUT2D eigenvalue weighted by molar-refractivity contribution is -0.955. The number of likely N-dealkylation sites (tertiary alicyclic amines) is 1. The van der Waals surface area contributed by atoms with Crippen molar-refractivity contribution in [3.8, 4) is 0 Å². The van der Waals surface area contributed by atoms with Gasteiger partial charge in [-0.05, 0) is 31.0 Å². The van der Waals surface area contributed by atoms with Crippen LogP contribution in [0.2, 0.25) is 0 Å². The molecule has 0 aromatic heterocycles. The molecule has 30 heavy (non-hydrogen) atoms. The average molecular weight is 504 g/mol. The molecule has 0 bridgehead atoms. The molecule has 172 valence electrons. The Kier molecular flexibility index (Phi) is 8.30. The zero-order chi connectivity index (χ0) is 21.3. The number of halogens is 7. The van der Waals surface area contributed by atoms with Gasteiger partial charge in [0.2, 0.25) is 0 Å². The smallest absolute Gasteiger partial charge is 0.416 e. The van der Waals surface area contributed by atoms with Gasteiger partial charge in [0, 0.05) is 24.3 Å². The number of aliphatic hydroxyl groups is 1. The van der Waals surface area contributed by atoms with Crippen molar-refractivity contribution in [2.24, 2.45) is 5.92 Å². The molecule has 2 aliphatic rings. The van der Waals surface area contributed by atoms with Crippen molar-refractivity contribution >= 4 is 0 Å². The summed E-state index contributed by atoms with van der Waals surface area (Å²) >= 11 is 0. The predicted molar refractivity (Wildman–Crippen MR) is 96.8 cm³/mol. The Morgan fingerprint density at radius 3 is 1.90 bits per heavy atom. The molecular formula is C21H28BrF6NO. The van der Waals surface area contributed by atoms with E-state index in [9.17, 15) is 31.4 Å². The van der Waals surface area contributed by atoms with Gasteiger partial charge in [0.05, 0.1) is 30.8 Å². The molecule has 1 unspecified atom stereocenters. The third-order valence-corrected chi connectivity index (χ3v) is 6.62. The third kappa shape index (κ3) is 5.91. The highest BCUT2D eigenvalue weighted by Gasteiger charge is 2.44. The lowest BCUT2D eigenvalue weighted by Gasteiger charge is -2.43. The van der Waals surface area contributed by atoms with E-state index >= 15 is 0 Å². The average Bonchev–Trinajstić information content (AvgIpc) is 3.02. The SMILES string of the molecule is OC[C@@H]1CCC[N+]1(Cc1cc(C(F)(F)F)cc(C(F)(F)F)c1)CC1CCCCC1.[Br-]. The number of alkyl halides is 6. The summed E-state index contributed by atoms with van der Waals surface area (Å²) in [5.74, 6) is 0.406. The van der Waals surface area contributed by atoms with Gasteiger partial charge in [-0.2, -0.15) is 26.3 Å². The molecule has 1 heterocycles. The zero-order valence-electron chi connectivity index (χ0n) is 16.7. The Bertz CT molecular complexity index is 669. The van der Waals surface area contributed by atoms with E-state index in [-0.39, 0.29) is 47.8 Å². The summed E-state index contributed by atoms with van der Waals surface area (Å²) in [7, 11) is 0. The monoisotopic (exact) mass is 503 g/mol. The van der Waals surface area contributed by atoms with Crippen LogP contribution < -0.4 is 17.0 Å². The zero-order valence-corrected chi connectivity index (χ0v) is 18.3. The van der Waals surface area contributed by atoms with Crippen LogP contribution in [0.15, 0.2) is 18.2 Å². The molecule has 1 aliphatic heterocycles. The molecule has 1 saturated heterocycles. The third-order valence-electron chi connectivity index (χ3n) is 6.62. The number of hydrogen-bond donors (Lipinski definition) is 1. The van der Waals surface area contributed by atoms with Crippen molar-refractivity contribution in [1.29, 1.82) is 0 Å². The minimum atomic E-state index is -4.84. The van der Waals surface area contributed by atoms with Gasteiger partial charge in [0.15, 0.2) is 0 Å². The second kappa shape index (κ2) is 9.77. The number of nitrogens with zero attached hydrogens (tertiary/aromatic N) is 1. The van der Waals surface area contributed by atoms with Crippen molar-refractivity contribution < 1.29 is 52.9 Å². The summed E-state index contributed by atoms with van der Waals surface area (Å²) in [4.78, 5) is 0. The maximum Gasteiger partial charge on any atom is 0.416 e. The molecule has 0 amide bonds. The fourth-order valence-electron chi connectivity index (χ4n) is 5.23. The molecule has 0 spiro atoms. The van der Waals surface area contributed by atoms with Gasteiger partial charge in [-0.25, -0.2) is 0 Å². The summed E-state index contributed by atoms with van der Waals surface area (Å²) in [6.45, 7) is 1.38. The van der Waals surface area contributed by atoms with Crippen LogP contribution in [0.5, 0.6) is 0 Å². The number of benzene rings is 1. The summed E-state index contributed by atoms with van der Waals surface area (Å²) < 4.78 is 79.9. The highest BCUT2D eigenvalue weighted by molar-refractivity contribution is 5.33. The number of rotatable bonds is 5. The van der Waals surface area contributed by atoms with Gasteiger partial charge >= 0.3 is 12.4 Å². The highest BCUT2D eigenvalue weighted by Crippen LogP contribution is 2.39. The highest BCUT2D eigenvalue weighted by atomic mass is 79.9. The van der Waals surface area contributed by atoms with Crippen LogP contribution in [-0.2, 0) is 18.9 Å². The van der Waals surface area contributed by atoms with E-state index in [1.807, 2.05) is 0 Å². The van der Waals surface area contributed by atoms with Crippen molar-refractivity contribution in [3.05, 3.63) is 34.9 Å². The van der Waals surface area contributed by atoms with Crippen LogP contribution in [0.3, 0.4) is 0 Å². The molecule has 3 rings (SSSR count). The normalized spacial score (nSPS) is 25.9. The van der Waals surface area contributed by atoms with Crippen molar-refractivity contribution in [2.75, 3.05) is 19.7 Å². The minimum absolute atomic E-state index is 0. The Balaban J connectivity index is 0.00000320. The number of aliphatic hydroxyl groups excluding tert-OH is 1. The van der Waals surface area contributed by atoms with Crippen LogP contribution in [0.1, 0.15) is 61.6 Å². The maximum absolute atomic E-state index is 13.2. The summed E-state index contributed by atoms with van der Waals surface area (Å²) in [6, 6.07) is 1.75. The molecule has 1 aromatic rings. The van der Waals surface area contributed by atoms with Crippen LogP contribution in [-0.4, -0.2) is 35.3 Å². The summed E-state index contributed by atoms with van der Waals surface area (Å²) in [5.41, 5.74) is -2.49. The molecule has 2 nitrogen and oxygen atoms in total. The number of hydrogen-bond acceptors (Lipinski definition) is 1. The summed E-state index contributed by atoms with van der Waals surface area (Å²) in [6.07, 6.45) is -2.66. The lowest BCUT2D eigenvalue weighted by Crippen LogP contribution is -3.00. The van der Waals surface area contributed by atoms with Crippen molar-refractivity contribution in [3.63, 3.8) is 0 Å². The molecule has 1 N–H and O–H groups in total. The molecule has 2 atom stereocenters. The van der Waals surface area contributed by atoms with E-state index in [1.165, 1.54) is 6.42 Å². The molecule has 1 aromatic carbocycles. The van der Waals surface area contributed by atoms with Gasteiger partial charge in [-0.3, -0.25) is 0 Å². The predicted octanol–water partition coefficient (Wildman–Crippen LogP) is 2.78. The standard InChI is InChI=1S/C21H28F6NO.BrH/c22-20(23,24)17-9-16(10-18(11-17)21(25,26)27)13-28(8-4-7-19(28)14-29)12-15-5-2-1-3-6-15;/h9-11,15,19,29H,1-8,12-14H2;1H/q+1;/p-1/t19-,28?;/m0./s1. The molecule has 0 radical (unpaired) electrons. The second-order valence-electron chi connectivity index (χ2n) is 8.68. The second-order valence-corrected chi connectivity index (χ2v) is 8.68. The van der Waals surface area contributed by atoms with E-state index < -0.39 is 23.5 Å². The fourth-order valence-corrected chi connectivity index (χ4v) is 5.23. The van der Waals surface area contributed by atoms with Crippen LogP contribution in [0.4, 0.5) is 26.3 Å². The van der Waals surface area contributed by atoms with Crippen LogP contribution in [0.25, 0.3) is 0 Å². The summed E-state index contributed by atoms with van der Waals surface area (Å²) in [5, 5.41) is 9.90. The van der Waals surface area contributed by atoms with Crippen LogP contribution in [0, 0.1) is 5.92 Å². The van der Waals surface area contributed by atoms with Gasteiger partial charge in [0.1, 0.15) is 12.6 Å². The largest absolute Gasteiger partial charge is 1.00 e. The molecule has 9 heteroatoms. The Labute approximate surface area is 183 Å². The van der Waals surface area contributed by atoms with E-state index in [0.717, 1.165) is 50.7 Å². The fraction of sp³-hybridized carbons (Fsp3) is 0.714. The Morgan fingerprint density at radius 1 is 0.833 bits per heavy atom. The van der Waals surface area contributed by atoms with E-state index in [4.69, 9.17) is 0 Å². The van der Waals surface area contributed by atoms with Crippen molar-refractivity contribution in [2.45, 2.75) is 69.9 Å². The molecule has 1 saturated carbocycles. The van der Waals surface area contributed by atoms with Gasteiger partial charge in [0.25, 0.3) is 0 Å². The van der Waals surface area contributed by atoms with Gasteiger partial charge in [-0.15, -0.1) is 0 Å².